The van der Waals surface area contributed by atoms with Gasteiger partial charge in [0.2, 0.25) is 5.91 Å². The van der Waals surface area contributed by atoms with E-state index in [1.165, 1.54) is 6.33 Å². The molecule has 0 aliphatic carbocycles. The molecule has 3 aromatic rings. The molecule has 4 rings (SSSR count). The van der Waals surface area contributed by atoms with Crippen LogP contribution in [-0.4, -0.2) is 62.7 Å². The van der Waals surface area contributed by atoms with Gasteiger partial charge in [0.1, 0.15) is 17.8 Å². The van der Waals surface area contributed by atoms with Crippen LogP contribution >= 0.6 is 0 Å². The van der Waals surface area contributed by atoms with Crippen molar-refractivity contribution < 1.29 is 9.59 Å². The molecular weight excluding hydrogens is 356 g/mol. The summed E-state index contributed by atoms with van der Waals surface area (Å²) in [5, 5.41) is 4.24. The molecule has 0 unspecified atom stereocenters. The summed E-state index contributed by atoms with van der Waals surface area (Å²) in [5.74, 6) is 0.396. The Kier molecular flexibility index (Phi) is 4.84. The van der Waals surface area contributed by atoms with Gasteiger partial charge in [-0.25, -0.2) is 9.97 Å². The van der Waals surface area contributed by atoms with E-state index in [0.717, 1.165) is 16.6 Å². The highest BCUT2D eigenvalue weighted by molar-refractivity contribution is 5.94. The molecule has 0 atom stereocenters. The number of pyridine rings is 1. The molecule has 1 aliphatic heterocycles. The molecule has 3 heterocycles. The number of rotatable bonds is 3. The van der Waals surface area contributed by atoms with Crippen molar-refractivity contribution in [3.63, 3.8) is 0 Å². The van der Waals surface area contributed by atoms with Crippen molar-refractivity contribution in [2.24, 2.45) is 0 Å². The van der Waals surface area contributed by atoms with Gasteiger partial charge in [-0.3, -0.25) is 14.6 Å². The summed E-state index contributed by atoms with van der Waals surface area (Å²) in [6.07, 6.45) is 3.11. The molecule has 28 heavy (non-hydrogen) atoms. The first-order chi connectivity index (χ1) is 13.6. The SMILES string of the molecule is CC(=O)N1CCN(C(=O)c2cc(Nc3cccc4cccnc34)ncn2)CC1. The summed E-state index contributed by atoms with van der Waals surface area (Å²) >= 11 is 0. The number of nitrogens with one attached hydrogen (secondary N) is 1. The lowest BCUT2D eigenvalue weighted by atomic mass is 10.2. The van der Waals surface area contributed by atoms with Crippen LogP contribution in [0.5, 0.6) is 0 Å². The predicted molar refractivity (Wildman–Crippen MR) is 105 cm³/mol. The summed E-state index contributed by atoms with van der Waals surface area (Å²) in [4.78, 5) is 40.5. The Labute approximate surface area is 162 Å². The smallest absolute Gasteiger partial charge is 0.272 e. The largest absolute Gasteiger partial charge is 0.339 e. The number of hydrogen-bond acceptors (Lipinski definition) is 6. The number of amides is 2. The van der Waals surface area contributed by atoms with Crippen LogP contribution in [0.25, 0.3) is 10.9 Å². The molecule has 1 fully saturated rings. The maximum Gasteiger partial charge on any atom is 0.272 e. The molecular formula is C20H20N6O2. The fraction of sp³-hybridized carbons (Fsp3) is 0.250. The third kappa shape index (κ3) is 3.62. The quantitative estimate of drug-likeness (QED) is 0.752. The fourth-order valence-electron chi connectivity index (χ4n) is 3.27. The van der Waals surface area contributed by atoms with E-state index in [1.807, 2.05) is 30.3 Å². The van der Waals surface area contributed by atoms with Crippen LogP contribution in [0.2, 0.25) is 0 Å². The van der Waals surface area contributed by atoms with Crippen LogP contribution in [0.1, 0.15) is 17.4 Å². The topological polar surface area (TPSA) is 91.3 Å². The Morgan fingerprint density at radius 3 is 2.50 bits per heavy atom. The van der Waals surface area contributed by atoms with Crippen molar-refractivity contribution in [3.8, 4) is 0 Å². The number of anilines is 2. The normalized spacial score (nSPS) is 14.2. The molecule has 142 valence electrons. The van der Waals surface area contributed by atoms with Crippen LogP contribution in [0, 0.1) is 0 Å². The molecule has 0 spiro atoms. The van der Waals surface area contributed by atoms with Gasteiger partial charge in [0, 0.05) is 50.8 Å². The summed E-state index contributed by atoms with van der Waals surface area (Å²) in [6, 6.07) is 11.4. The highest BCUT2D eigenvalue weighted by Crippen LogP contribution is 2.23. The lowest BCUT2D eigenvalue weighted by Gasteiger charge is -2.34. The van der Waals surface area contributed by atoms with Crippen molar-refractivity contribution in [1.82, 2.24) is 24.8 Å². The van der Waals surface area contributed by atoms with Crippen LogP contribution < -0.4 is 5.32 Å². The molecule has 0 saturated carbocycles. The van der Waals surface area contributed by atoms with Crippen molar-refractivity contribution in [1.29, 1.82) is 0 Å². The minimum atomic E-state index is -0.162. The van der Waals surface area contributed by atoms with Crippen molar-refractivity contribution >= 4 is 34.2 Å². The molecule has 1 aliphatic rings. The maximum atomic E-state index is 12.8. The lowest BCUT2D eigenvalue weighted by molar-refractivity contribution is -0.130. The molecule has 1 N–H and O–H groups in total. The van der Waals surface area contributed by atoms with Gasteiger partial charge in [-0.15, -0.1) is 0 Å². The summed E-state index contributed by atoms with van der Waals surface area (Å²) < 4.78 is 0. The molecule has 0 radical (unpaired) electrons. The number of carbonyl (C=O) groups excluding carboxylic acids is 2. The van der Waals surface area contributed by atoms with E-state index in [2.05, 4.69) is 20.3 Å². The number of carbonyl (C=O) groups is 2. The Morgan fingerprint density at radius 2 is 1.71 bits per heavy atom. The molecule has 1 saturated heterocycles. The third-order valence-electron chi connectivity index (χ3n) is 4.79. The van der Waals surface area contributed by atoms with E-state index in [4.69, 9.17) is 0 Å². The fourth-order valence-corrected chi connectivity index (χ4v) is 3.27. The van der Waals surface area contributed by atoms with E-state index in [1.54, 1.807) is 29.0 Å². The van der Waals surface area contributed by atoms with Crippen LogP contribution in [0.3, 0.4) is 0 Å². The summed E-state index contributed by atoms with van der Waals surface area (Å²) in [6.45, 7) is 3.62. The zero-order valence-corrected chi connectivity index (χ0v) is 15.5. The molecule has 8 nitrogen and oxygen atoms in total. The van der Waals surface area contributed by atoms with Gasteiger partial charge in [0.15, 0.2) is 0 Å². The van der Waals surface area contributed by atoms with Gasteiger partial charge < -0.3 is 15.1 Å². The van der Waals surface area contributed by atoms with Gasteiger partial charge in [-0.1, -0.05) is 18.2 Å². The van der Waals surface area contributed by atoms with Crippen LogP contribution in [0.15, 0.2) is 48.9 Å². The first-order valence-electron chi connectivity index (χ1n) is 9.09. The number of benzene rings is 1. The zero-order chi connectivity index (χ0) is 19.5. The minimum absolute atomic E-state index is 0.0318. The lowest BCUT2D eigenvalue weighted by Crippen LogP contribution is -2.50. The second-order valence-electron chi connectivity index (χ2n) is 6.59. The highest BCUT2D eigenvalue weighted by Gasteiger charge is 2.24. The summed E-state index contributed by atoms with van der Waals surface area (Å²) in [7, 11) is 0. The minimum Gasteiger partial charge on any atom is -0.339 e. The number of piperazine rings is 1. The first-order valence-corrected chi connectivity index (χ1v) is 9.09. The molecule has 2 aromatic heterocycles. The third-order valence-corrected chi connectivity index (χ3v) is 4.79. The average Bonchev–Trinajstić information content (AvgIpc) is 2.74. The second-order valence-corrected chi connectivity index (χ2v) is 6.59. The van der Waals surface area contributed by atoms with E-state index in [9.17, 15) is 9.59 Å². The zero-order valence-electron chi connectivity index (χ0n) is 15.5. The Balaban J connectivity index is 1.52. The number of hydrogen-bond donors (Lipinski definition) is 1. The number of nitrogens with zero attached hydrogens (tertiary/aromatic N) is 5. The number of aromatic nitrogens is 3. The second kappa shape index (κ2) is 7.59. The Bertz CT molecular complexity index is 1020. The van der Waals surface area contributed by atoms with Gasteiger partial charge in [-0.05, 0) is 12.1 Å². The Hall–Kier alpha value is -3.55. The Morgan fingerprint density at radius 1 is 0.964 bits per heavy atom. The van der Waals surface area contributed by atoms with Crippen LogP contribution in [-0.2, 0) is 4.79 Å². The van der Waals surface area contributed by atoms with Gasteiger partial charge in [-0.2, -0.15) is 0 Å². The maximum absolute atomic E-state index is 12.8. The average molecular weight is 376 g/mol. The van der Waals surface area contributed by atoms with Crippen molar-refractivity contribution in [2.75, 3.05) is 31.5 Å². The predicted octanol–water partition coefficient (Wildman–Crippen LogP) is 2.07. The van der Waals surface area contributed by atoms with E-state index >= 15 is 0 Å². The van der Waals surface area contributed by atoms with E-state index < -0.39 is 0 Å². The monoisotopic (exact) mass is 376 g/mol. The van der Waals surface area contributed by atoms with Crippen LogP contribution in [0.4, 0.5) is 11.5 Å². The van der Waals surface area contributed by atoms with Gasteiger partial charge in [0.05, 0.1) is 11.2 Å². The first kappa shape index (κ1) is 17.8. The van der Waals surface area contributed by atoms with Gasteiger partial charge in [0.25, 0.3) is 5.91 Å². The molecule has 8 heteroatoms. The summed E-state index contributed by atoms with van der Waals surface area (Å²) in [5.41, 5.74) is 1.96. The van der Waals surface area contributed by atoms with E-state index in [0.29, 0.717) is 37.7 Å². The van der Waals surface area contributed by atoms with E-state index in [-0.39, 0.29) is 11.8 Å². The highest BCUT2D eigenvalue weighted by atomic mass is 16.2. The number of fused-ring (bicyclic) bond motifs is 1. The molecule has 1 aromatic carbocycles. The van der Waals surface area contributed by atoms with Crippen molar-refractivity contribution in [3.05, 3.63) is 54.6 Å². The standard InChI is InChI=1S/C20H20N6O2/c1-14(27)25-8-10-26(11-9-25)20(28)17-12-18(23-13-22-17)24-16-6-2-4-15-5-3-7-21-19(15)16/h2-7,12-13H,8-11H2,1H3,(H,22,23,24). The molecule has 0 bridgehead atoms. The number of para-hydroxylation sites is 1. The van der Waals surface area contributed by atoms with Crippen molar-refractivity contribution in [2.45, 2.75) is 6.92 Å². The van der Waals surface area contributed by atoms with Gasteiger partial charge >= 0.3 is 0 Å². The molecule has 2 amide bonds.